The Morgan fingerprint density at radius 2 is 1.97 bits per heavy atom. The van der Waals surface area contributed by atoms with Crippen LogP contribution in [0.3, 0.4) is 0 Å². The summed E-state index contributed by atoms with van der Waals surface area (Å²) in [7, 11) is -3.60. The molecule has 29 heavy (non-hydrogen) atoms. The normalized spacial score (nSPS) is 11.8. The largest absolute Gasteiger partial charge is 0.415 e. The van der Waals surface area contributed by atoms with E-state index in [-0.39, 0.29) is 18.2 Å². The molecule has 0 atom stereocenters. The van der Waals surface area contributed by atoms with Gasteiger partial charge in [0.2, 0.25) is 15.9 Å². The lowest BCUT2D eigenvalue weighted by Gasteiger charge is -2.24. The zero-order chi connectivity index (χ0) is 21.2. The Morgan fingerprint density at radius 3 is 2.52 bits per heavy atom. The molecule has 2 heterocycles. The number of halogens is 3. The van der Waals surface area contributed by atoms with Crippen molar-refractivity contribution in [3.05, 3.63) is 58.7 Å². The Labute approximate surface area is 171 Å². The highest BCUT2D eigenvalue weighted by Crippen LogP contribution is 2.27. The van der Waals surface area contributed by atoms with Crippen LogP contribution in [0.5, 0.6) is 0 Å². The molecule has 0 saturated carbocycles. The Hall–Kier alpha value is -2.59. The molecule has 3 rings (SSSR count). The third-order valence-corrected chi connectivity index (χ3v) is 6.30. The van der Waals surface area contributed by atoms with E-state index in [0.717, 1.165) is 5.56 Å². The summed E-state index contributed by atoms with van der Waals surface area (Å²) in [5, 5.41) is 7.28. The second-order valence-corrected chi connectivity index (χ2v) is 8.71. The van der Waals surface area contributed by atoms with Crippen molar-refractivity contribution in [2.24, 2.45) is 0 Å². The third kappa shape index (κ3) is 4.70. The number of pyridine rings is 1. The van der Waals surface area contributed by atoms with Gasteiger partial charge in [0, 0.05) is 11.2 Å². The summed E-state index contributed by atoms with van der Waals surface area (Å²) >= 11 is 6.15. The average Bonchev–Trinajstić information content (AvgIpc) is 3.19. The maximum atomic E-state index is 12.6. The van der Waals surface area contributed by atoms with Crippen molar-refractivity contribution >= 4 is 27.3 Å². The molecule has 1 aromatic carbocycles. The van der Waals surface area contributed by atoms with Gasteiger partial charge in [-0.25, -0.2) is 8.42 Å². The summed E-state index contributed by atoms with van der Waals surface area (Å²) in [4.78, 5) is 4.21. The molecule has 3 aromatic rings. The Kier molecular flexibility index (Phi) is 6.13. The van der Waals surface area contributed by atoms with Gasteiger partial charge < -0.3 is 4.42 Å². The van der Waals surface area contributed by atoms with Crippen LogP contribution in [0, 0.1) is 6.92 Å². The number of aryl methyl sites for hydroxylation is 1. The third-order valence-electron chi connectivity index (χ3n) is 4.15. The number of benzene rings is 1. The molecule has 0 bridgehead atoms. The van der Waals surface area contributed by atoms with Gasteiger partial charge in [-0.3, -0.25) is 9.29 Å². The summed E-state index contributed by atoms with van der Waals surface area (Å²) in [6, 6.07) is 8.11. The molecule has 0 aliphatic heterocycles. The molecule has 154 valence electrons. The molecule has 0 N–H and O–H groups in total. The number of alkyl halides is 2. The molecular formula is C18H17ClF2N4O3S. The van der Waals surface area contributed by atoms with Crippen molar-refractivity contribution < 1.29 is 21.6 Å². The van der Waals surface area contributed by atoms with Gasteiger partial charge in [0.05, 0.1) is 29.2 Å². The quantitative estimate of drug-likeness (QED) is 0.539. The fraction of sp³-hybridized carbons (Fsp3) is 0.278. The SMILES string of the molecule is CCS(=O)(=O)N(Cc1ccc(-c2nnc(C(F)F)o2)cn1)c1ccc(C)c(Cl)c1. The fourth-order valence-corrected chi connectivity index (χ4v) is 3.72. The van der Waals surface area contributed by atoms with E-state index in [0.29, 0.717) is 22.0 Å². The topological polar surface area (TPSA) is 89.2 Å². The highest BCUT2D eigenvalue weighted by Gasteiger charge is 2.22. The van der Waals surface area contributed by atoms with Crippen LogP contribution in [0.2, 0.25) is 5.02 Å². The van der Waals surface area contributed by atoms with E-state index in [1.807, 2.05) is 6.92 Å². The minimum atomic E-state index is -3.60. The van der Waals surface area contributed by atoms with E-state index in [1.165, 1.54) is 10.5 Å². The van der Waals surface area contributed by atoms with E-state index >= 15 is 0 Å². The molecule has 0 aliphatic carbocycles. The molecule has 0 unspecified atom stereocenters. The number of anilines is 1. The van der Waals surface area contributed by atoms with Crippen molar-refractivity contribution in [3.8, 4) is 11.5 Å². The van der Waals surface area contributed by atoms with Crippen LogP contribution in [0.4, 0.5) is 14.5 Å². The second-order valence-electron chi connectivity index (χ2n) is 6.13. The van der Waals surface area contributed by atoms with Crippen LogP contribution in [0.1, 0.15) is 30.5 Å². The average molecular weight is 443 g/mol. The molecule has 0 saturated heterocycles. The Balaban J connectivity index is 1.88. The van der Waals surface area contributed by atoms with Crippen LogP contribution < -0.4 is 4.31 Å². The number of hydrogen-bond acceptors (Lipinski definition) is 6. The summed E-state index contributed by atoms with van der Waals surface area (Å²) in [6.07, 6.45) is -1.51. The smallest absolute Gasteiger partial charge is 0.314 e. The van der Waals surface area contributed by atoms with Gasteiger partial charge in [-0.15, -0.1) is 10.2 Å². The first kappa shape index (κ1) is 21.1. The predicted molar refractivity (Wildman–Crippen MR) is 104 cm³/mol. The highest BCUT2D eigenvalue weighted by molar-refractivity contribution is 7.92. The summed E-state index contributed by atoms with van der Waals surface area (Å²) in [5.74, 6) is -0.974. The lowest BCUT2D eigenvalue weighted by molar-refractivity contribution is 0.116. The van der Waals surface area contributed by atoms with Gasteiger partial charge in [-0.2, -0.15) is 8.78 Å². The van der Waals surface area contributed by atoms with Gasteiger partial charge in [0.25, 0.3) is 5.89 Å². The Morgan fingerprint density at radius 1 is 1.21 bits per heavy atom. The molecule has 0 fully saturated rings. The minimum Gasteiger partial charge on any atom is -0.415 e. The van der Waals surface area contributed by atoms with E-state index < -0.39 is 22.3 Å². The lowest BCUT2D eigenvalue weighted by atomic mass is 10.2. The maximum absolute atomic E-state index is 12.6. The van der Waals surface area contributed by atoms with Gasteiger partial charge >= 0.3 is 6.43 Å². The van der Waals surface area contributed by atoms with Crippen molar-refractivity contribution in [1.29, 1.82) is 0 Å². The van der Waals surface area contributed by atoms with Crippen molar-refractivity contribution in [1.82, 2.24) is 15.2 Å². The molecule has 7 nitrogen and oxygen atoms in total. The second kappa shape index (κ2) is 8.42. The molecule has 2 aromatic heterocycles. The number of aromatic nitrogens is 3. The van der Waals surface area contributed by atoms with E-state index in [9.17, 15) is 17.2 Å². The summed E-state index contributed by atoms with van der Waals surface area (Å²) in [5.41, 5.74) is 2.04. The number of nitrogens with zero attached hydrogens (tertiary/aromatic N) is 4. The van der Waals surface area contributed by atoms with Gasteiger partial charge in [-0.05, 0) is 43.7 Å². The van der Waals surface area contributed by atoms with Crippen LogP contribution in [0.15, 0.2) is 40.9 Å². The van der Waals surface area contributed by atoms with Crippen LogP contribution in [-0.4, -0.2) is 29.4 Å². The first-order valence-electron chi connectivity index (χ1n) is 8.54. The van der Waals surface area contributed by atoms with E-state index in [1.54, 1.807) is 37.3 Å². The van der Waals surface area contributed by atoms with Crippen LogP contribution in [0.25, 0.3) is 11.5 Å². The van der Waals surface area contributed by atoms with E-state index in [2.05, 4.69) is 15.2 Å². The summed E-state index contributed by atoms with van der Waals surface area (Å²) < 4.78 is 56.5. The fourth-order valence-electron chi connectivity index (χ4n) is 2.47. The number of sulfonamides is 1. The monoisotopic (exact) mass is 442 g/mol. The first-order chi connectivity index (χ1) is 13.7. The Bertz CT molecular complexity index is 1100. The highest BCUT2D eigenvalue weighted by atomic mass is 35.5. The summed E-state index contributed by atoms with van der Waals surface area (Å²) in [6.45, 7) is 3.34. The standard InChI is InChI=1S/C18H17ClF2N4O3S/c1-3-29(26,27)25(14-7-4-11(2)15(19)8-14)10-13-6-5-12(9-22-13)17-23-24-18(28-17)16(20)21/h4-9,16H,3,10H2,1-2H3. The van der Waals surface area contributed by atoms with Crippen LogP contribution in [-0.2, 0) is 16.6 Å². The van der Waals surface area contributed by atoms with Gasteiger partial charge in [0.15, 0.2) is 0 Å². The molecule has 11 heteroatoms. The lowest BCUT2D eigenvalue weighted by Crippen LogP contribution is -2.32. The van der Waals surface area contributed by atoms with Crippen molar-refractivity contribution in [3.63, 3.8) is 0 Å². The molecular weight excluding hydrogens is 426 g/mol. The molecule has 0 radical (unpaired) electrons. The first-order valence-corrected chi connectivity index (χ1v) is 10.5. The maximum Gasteiger partial charge on any atom is 0.314 e. The molecule has 0 amide bonds. The molecule has 0 spiro atoms. The number of rotatable bonds is 7. The van der Waals surface area contributed by atoms with Crippen molar-refractivity contribution in [2.75, 3.05) is 10.1 Å². The number of hydrogen-bond donors (Lipinski definition) is 0. The minimum absolute atomic E-state index is 0.0258. The van der Waals surface area contributed by atoms with Crippen molar-refractivity contribution in [2.45, 2.75) is 26.8 Å². The van der Waals surface area contributed by atoms with Crippen LogP contribution >= 0.6 is 11.6 Å². The molecule has 0 aliphatic rings. The zero-order valence-corrected chi connectivity index (χ0v) is 17.1. The predicted octanol–water partition coefficient (Wildman–Crippen LogP) is 4.39. The van der Waals surface area contributed by atoms with Gasteiger partial charge in [0.1, 0.15) is 0 Å². The zero-order valence-electron chi connectivity index (χ0n) is 15.5. The van der Waals surface area contributed by atoms with Gasteiger partial charge in [-0.1, -0.05) is 17.7 Å². The van der Waals surface area contributed by atoms with E-state index in [4.69, 9.17) is 16.0 Å².